The van der Waals surface area contributed by atoms with Crippen LogP contribution in [0.3, 0.4) is 0 Å². The molecule has 4 atom stereocenters. The van der Waals surface area contributed by atoms with Gasteiger partial charge in [-0.3, -0.25) is 0 Å². The molecule has 1 heterocycles. The van der Waals surface area contributed by atoms with Crippen LogP contribution in [0.4, 0.5) is 0 Å². The van der Waals surface area contributed by atoms with E-state index in [0.29, 0.717) is 11.1 Å². The number of hydrogen-bond acceptors (Lipinski definition) is 6. The highest BCUT2D eigenvalue weighted by molar-refractivity contribution is 5.89. The second kappa shape index (κ2) is 5.50. The van der Waals surface area contributed by atoms with E-state index in [-0.39, 0.29) is 12.4 Å². The molecule has 6 heteroatoms. The summed E-state index contributed by atoms with van der Waals surface area (Å²) >= 11 is 0. The van der Waals surface area contributed by atoms with Crippen LogP contribution in [0.5, 0.6) is 11.5 Å². The average molecular weight is 292 g/mol. The first-order chi connectivity index (χ1) is 10.1. The summed E-state index contributed by atoms with van der Waals surface area (Å²) in [6.07, 6.45) is -4.92. The summed E-state index contributed by atoms with van der Waals surface area (Å²) in [6.45, 7) is -0.126. The van der Waals surface area contributed by atoms with Crippen molar-refractivity contribution in [3.63, 3.8) is 0 Å². The topological polar surface area (TPSA) is 99.4 Å². The van der Waals surface area contributed by atoms with Crippen molar-refractivity contribution >= 4 is 10.8 Å². The zero-order chi connectivity index (χ0) is 15.0. The zero-order valence-corrected chi connectivity index (χ0v) is 11.1. The van der Waals surface area contributed by atoms with Crippen LogP contribution in [-0.4, -0.2) is 51.6 Å². The number of phenolic OH excluding ortho intramolecular Hbond substituents is 1. The minimum atomic E-state index is -1.36. The number of benzene rings is 2. The van der Waals surface area contributed by atoms with Crippen LogP contribution >= 0.6 is 0 Å². The first-order valence-corrected chi connectivity index (χ1v) is 6.60. The zero-order valence-electron chi connectivity index (χ0n) is 11.1. The molecule has 21 heavy (non-hydrogen) atoms. The Morgan fingerprint density at radius 2 is 1.86 bits per heavy atom. The van der Waals surface area contributed by atoms with Gasteiger partial charge < -0.3 is 29.9 Å². The maximum Gasteiger partial charge on any atom is 0.228 e. The van der Waals surface area contributed by atoms with E-state index in [1.54, 1.807) is 30.3 Å². The van der Waals surface area contributed by atoms with Crippen LogP contribution in [0.15, 0.2) is 36.4 Å². The molecular weight excluding hydrogens is 276 g/mol. The fraction of sp³-hybridized carbons (Fsp3) is 0.333. The summed E-state index contributed by atoms with van der Waals surface area (Å²) in [7, 11) is 0. The lowest BCUT2D eigenvalue weighted by atomic mass is 10.1. The normalized spacial score (nSPS) is 29.5. The van der Waals surface area contributed by atoms with Crippen molar-refractivity contribution < 1.29 is 29.9 Å². The lowest BCUT2D eigenvalue weighted by molar-refractivity contribution is -0.241. The molecule has 0 aromatic heterocycles. The molecular formula is C15H16O6. The molecule has 3 rings (SSSR count). The van der Waals surface area contributed by atoms with Gasteiger partial charge in [-0.2, -0.15) is 0 Å². The fourth-order valence-corrected chi connectivity index (χ4v) is 2.34. The third-order valence-corrected chi connectivity index (χ3v) is 3.52. The lowest BCUT2D eigenvalue weighted by Crippen LogP contribution is -2.54. The van der Waals surface area contributed by atoms with Crippen LogP contribution in [0.25, 0.3) is 10.8 Å². The van der Waals surface area contributed by atoms with Gasteiger partial charge in [-0.25, -0.2) is 0 Å². The molecule has 2 aromatic carbocycles. The Morgan fingerprint density at radius 3 is 2.67 bits per heavy atom. The molecule has 0 radical (unpaired) electrons. The van der Waals surface area contributed by atoms with E-state index in [1.165, 1.54) is 0 Å². The van der Waals surface area contributed by atoms with Crippen LogP contribution < -0.4 is 4.74 Å². The van der Waals surface area contributed by atoms with Gasteiger partial charge in [0.15, 0.2) is 0 Å². The van der Waals surface area contributed by atoms with Crippen molar-refractivity contribution in [3.8, 4) is 11.5 Å². The molecule has 0 spiro atoms. The molecule has 2 aromatic rings. The Kier molecular flexibility index (Phi) is 3.69. The Morgan fingerprint density at radius 1 is 1.05 bits per heavy atom. The van der Waals surface area contributed by atoms with Gasteiger partial charge in [0.2, 0.25) is 6.29 Å². The van der Waals surface area contributed by atoms with E-state index in [1.807, 2.05) is 6.07 Å². The summed E-state index contributed by atoms with van der Waals surface area (Å²) < 4.78 is 10.8. The Bertz CT molecular complexity index is 643. The molecule has 0 bridgehead atoms. The number of hydrogen-bond donors (Lipinski definition) is 4. The van der Waals surface area contributed by atoms with Crippen molar-refractivity contribution in [1.82, 2.24) is 0 Å². The predicted molar refractivity (Wildman–Crippen MR) is 74.0 cm³/mol. The molecule has 0 unspecified atom stereocenters. The third kappa shape index (κ3) is 2.66. The molecule has 1 fully saturated rings. The molecule has 1 aliphatic heterocycles. The van der Waals surface area contributed by atoms with Crippen molar-refractivity contribution in [2.24, 2.45) is 0 Å². The molecule has 4 N–H and O–H groups in total. The maximum atomic E-state index is 9.89. The highest BCUT2D eigenvalue weighted by Crippen LogP contribution is 2.30. The van der Waals surface area contributed by atoms with Crippen LogP contribution in [-0.2, 0) is 4.74 Å². The van der Waals surface area contributed by atoms with Gasteiger partial charge in [-0.15, -0.1) is 0 Å². The Balaban J connectivity index is 1.90. The number of ether oxygens (including phenoxy) is 2. The van der Waals surface area contributed by atoms with Crippen molar-refractivity contribution in [2.75, 3.05) is 6.61 Å². The first-order valence-electron chi connectivity index (χ1n) is 6.60. The molecule has 0 amide bonds. The van der Waals surface area contributed by atoms with E-state index < -0.39 is 24.6 Å². The van der Waals surface area contributed by atoms with Gasteiger partial charge in [-0.1, -0.05) is 18.2 Å². The first kappa shape index (κ1) is 14.1. The third-order valence-electron chi connectivity index (χ3n) is 3.52. The van der Waals surface area contributed by atoms with E-state index in [4.69, 9.17) is 9.47 Å². The van der Waals surface area contributed by atoms with E-state index >= 15 is 0 Å². The number of phenols is 1. The minimum absolute atomic E-state index is 0.0964. The van der Waals surface area contributed by atoms with Crippen LogP contribution in [0.1, 0.15) is 0 Å². The monoisotopic (exact) mass is 292 g/mol. The molecule has 0 aliphatic carbocycles. The van der Waals surface area contributed by atoms with Crippen molar-refractivity contribution in [3.05, 3.63) is 36.4 Å². The SMILES string of the molecule is Oc1ccc2cccc(O[C@@H]3OC[C@@H](O)[C@H](O)[C@H]3O)c2c1. The fourth-order valence-electron chi connectivity index (χ4n) is 2.34. The number of aromatic hydroxyl groups is 1. The number of aliphatic hydroxyl groups is 3. The second-order valence-corrected chi connectivity index (χ2v) is 5.03. The number of aliphatic hydroxyl groups excluding tert-OH is 3. The summed E-state index contributed by atoms with van der Waals surface area (Å²) in [5.41, 5.74) is 0. The summed E-state index contributed by atoms with van der Waals surface area (Å²) in [4.78, 5) is 0. The average Bonchev–Trinajstić information content (AvgIpc) is 2.48. The van der Waals surface area contributed by atoms with Gasteiger partial charge in [-0.05, 0) is 23.6 Å². The van der Waals surface area contributed by atoms with Gasteiger partial charge in [0.05, 0.1) is 6.61 Å². The maximum absolute atomic E-state index is 9.89. The summed E-state index contributed by atoms with van der Waals surface area (Å²) in [5, 5.41) is 40.1. The van der Waals surface area contributed by atoms with Gasteiger partial charge in [0.1, 0.15) is 29.8 Å². The van der Waals surface area contributed by atoms with Gasteiger partial charge in [0, 0.05) is 5.39 Å². The predicted octanol–water partition coefficient (Wildman–Crippen LogP) is 0.363. The van der Waals surface area contributed by atoms with Crippen molar-refractivity contribution in [1.29, 1.82) is 0 Å². The van der Waals surface area contributed by atoms with E-state index in [2.05, 4.69) is 0 Å². The molecule has 112 valence electrons. The second-order valence-electron chi connectivity index (χ2n) is 5.03. The number of rotatable bonds is 2. The lowest BCUT2D eigenvalue weighted by Gasteiger charge is -2.35. The van der Waals surface area contributed by atoms with E-state index in [9.17, 15) is 20.4 Å². The molecule has 1 saturated heterocycles. The Hall–Kier alpha value is -1.86. The van der Waals surface area contributed by atoms with Crippen molar-refractivity contribution in [2.45, 2.75) is 24.6 Å². The van der Waals surface area contributed by atoms with Gasteiger partial charge in [0.25, 0.3) is 0 Å². The Labute approximate surface area is 120 Å². The highest BCUT2D eigenvalue weighted by Gasteiger charge is 2.39. The number of fused-ring (bicyclic) bond motifs is 1. The van der Waals surface area contributed by atoms with Gasteiger partial charge >= 0.3 is 0 Å². The van der Waals surface area contributed by atoms with Crippen LogP contribution in [0, 0.1) is 0 Å². The van der Waals surface area contributed by atoms with Crippen LogP contribution in [0.2, 0.25) is 0 Å². The molecule has 6 nitrogen and oxygen atoms in total. The largest absolute Gasteiger partial charge is 0.508 e. The summed E-state index contributed by atoms with van der Waals surface area (Å²) in [6, 6.07) is 10.2. The highest BCUT2D eigenvalue weighted by atomic mass is 16.7. The quantitative estimate of drug-likeness (QED) is 0.638. The molecule has 1 aliphatic rings. The standard InChI is InChI=1S/C15H16O6/c16-9-5-4-8-2-1-3-12(10(8)6-9)21-15-14(19)13(18)11(17)7-20-15/h1-6,11,13-19H,7H2/t11-,13+,14-,15+/m1/s1. The minimum Gasteiger partial charge on any atom is -0.508 e. The van der Waals surface area contributed by atoms with E-state index in [0.717, 1.165) is 5.39 Å². The molecule has 0 saturated carbocycles. The smallest absolute Gasteiger partial charge is 0.228 e. The summed E-state index contributed by atoms with van der Waals surface area (Å²) in [5.74, 6) is 0.509.